The van der Waals surface area contributed by atoms with Gasteiger partial charge in [-0.05, 0) is 56.2 Å². The van der Waals surface area contributed by atoms with Crippen LogP contribution < -0.4 is 10.2 Å². The summed E-state index contributed by atoms with van der Waals surface area (Å²) < 4.78 is 34.0. The van der Waals surface area contributed by atoms with Crippen LogP contribution in [-0.4, -0.2) is 39.8 Å². The molecule has 0 aliphatic carbocycles. The highest BCUT2D eigenvalue weighted by Gasteiger charge is 2.38. The predicted molar refractivity (Wildman–Crippen MR) is 121 cm³/mol. The Balaban J connectivity index is 1.73. The van der Waals surface area contributed by atoms with E-state index in [1.54, 1.807) is 43.9 Å². The van der Waals surface area contributed by atoms with Gasteiger partial charge in [0.05, 0.1) is 12.2 Å². The molecular formula is C24H23F2N5O3. The first-order valence-corrected chi connectivity index (χ1v) is 10.7. The molecule has 8 nitrogen and oxygen atoms in total. The number of amides is 1. The number of rotatable bonds is 6. The van der Waals surface area contributed by atoms with Crippen molar-refractivity contribution >= 4 is 23.5 Å². The van der Waals surface area contributed by atoms with Crippen molar-refractivity contribution in [3.8, 4) is 0 Å². The largest absolute Gasteiger partial charge is 0.463 e. The number of carbonyl (C=O) groups is 2. The monoisotopic (exact) mass is 467 g/mol. The predicted octanol–water partition coefficient (Wildman–Crippen LogP) is 3.75. The second kappa shape index (κ2) is 9.42. The van der Waals surface area contributed by atoms with Crippen LogP contribution in [0.15, 0.2) is 60.1 Å². The van der Waals surface area contributed by atoms with E-state index in [9.17, 15) is 18.4 Å². The van der Waals surface area contributed by atoms with E-state index in [1.165, 1.54) is 35.3 Å². The van der Waals surface area contributed by atoms with Crippen molar-refractivity contribution in [2.24, 2.45) is 0 Å². The minimum Gasteiger partial charge on any atom is -0.463 e. The van der Waals surface area contributed by atoms with Crippen molar-refractivity contribution < 1.29 is 23.1 Å². The normalized spacial score (nSPS) is 15.2. The van der Waals surface area contributed by atoms with Gasteiger partial charge in [-0.2, -0.15) is 10.1 Å². The number of anilines is 2. The van der Waals surface area contributed by atoms with Crippen molar-refractivity contribution in [1.82, 2.24) is 14.8 Å². The molecule has 2 heterocycles. The molecule has 1 N–H and O–H groups in total. The van der Waals surface area contributed by atoms with Crippen LogP contribution in [0.2, 0.25) is 0 Å². The number of carbonyl (C=O) groups excluding carboxylic acids is 2. The number of allylic oxidation sites excluding steroid dienone is 1. The smallest absolute Gasteiger partial charge is 0.338 e. The summed E-state index contributed by atoms with van der Waals surface area (Å²) in [7, 11) is 0. The standard InChI is InChI=1S/C24H23F2N5O3/c1-4-34-23(33)21-15(3)30(12-20(32)29-19-11-18(26)8-5-14(19)2)24-27-13-28-31(24)22(21)16-6-9-17(25)10-7-16/h5-11,13,22H,4,12H2,1-3H3,(H,29,32)/t22-/m1/s1. The summed E-state index contributed by atoms with van der Waals surface area (Å²) in [4.78, 5) is 31.7. The van der Waals surface area contributed by atoms with Gasteiger partial charge in [-0.25, -0.2) is 18.3 Å². The molecule has 34 heavy (non-hydrogen) atoms. The van der Waals surface area contributed by atoms with Gasteiger partial charge in [-0.1, -0.05) is 18.2 Å². The highest BCUT2D eigenvalue weighted by molar-refractivity contribution is 5.97. The number of nitrogens with zero attached hydrogens (tertiary/aromatic N) is 4. The average Bonchev–Trinajstić information content (AvgIpc) is 3.28. The van der Waals surface area contributed by atoms with Crippen LogP contribution in [-0.2, 0) is 14.3 Å². The van der Waals surface area contributed by atoms with Gasteiger partial charge in [0.25, 0.3) is 0 Å². The highest BCUT2D eigenvalue weighted by atomic mass is 19.1. The lowest BCUT2D eigenvalue weighted by molar-refractivity contribution is -0.139. The third-order valence-corrected chi connectivity index (χ3v) is 5.56. The van der Waals surface area contributed by atoms with E-state index in [0.717, 1.165) is 0 Å². The molecule has 0 bridgehead atoms. The van der Waals surface area contributed by atoms with Gasteiger partial charge >= 0.3 is 5.97 Å². The van der Waals surface area contributed by atoms with Crippen LogP contribution in [0.1, 0.15) is 31.0 Å². The number of ether oxygens (including phenoxy) is 1. The van der Waals surface area contributed by atoms with E-state index in [0.29, 0.717) is 28.5 Å². The molecule has 2 aromatic carbocycles. The summed E-state index contributed by atoms with van der Waals surface area (Å²) in [5, 5.41) is 6.98. The SMILES string of the molecule is CCOC(=O)C1=C(C)N(CC(=O)Nc2cc(F)ccc2C)c2ncnn2[C@@H]1c1ccc(F)cc1. The van der Waals surface area contributed by atoms with Crippen molar-refractivity contribution in [1.29, 1.82) is 0 Å². The third-order valence-electron chi connectivity index (χ3n) is 5.56. The van der Waals surface area contributed by atoms with Crippen molar-refractivity contribution in [3.63, 3.8) is 0 Å². The van der Waals surface area contributed by atoms with Crippen molar-refractivity contribution in [2.75, 3.05) is 23.4 Å². The first-order chi connectivity index (χ1) is 16.3. The van der Waals surface area contributed by atoms with Gasteiger partial charge in [-0.15, -0.1) is 0 Å². The zero-order chi connectivity index (χ0) is 24.4. The molecule has 0 saturated heterocycles. The fourth-order valence-corrected chi connectivity index (χ4v) is 3.91. The second-order valence-electron chi connectivity index (χ2n) is 7.77. The topological polar surface area (TPSA) is 89.3 Å². The molecule has 1 atom stereocenters. The van der Waals surface area contributed by atoms with E-state index in [4.69, 9.17) is 4.74 Å². The Kier molecular flexibility index (Phi) is 6.40. The zero-order valence-corrected chi connectivity index (χ0v) is 18.9. The van der Waals surface area contributed by atoms with E-state index in [1.807, 2.05) is 0 Å². The molecule has 0 unspecified atom stereocenters. The summed E-state index contributed by atoms with van der Waals surface area (Å²) in [5.74, 6) is -1.58. The molecule has 1 aromatic heterocycles. The van der Waals surface area contributed by atoms with Gasteiger partial charge in [0, 0.05) is 11.4 Å². The maximum atomic E-state index is 13.6. The molecule has 4 rings (SSSR count). The number of aromatic nitrogens is 3. The number of aryl methyl sites for hydroxylation is 1. The summed E-state index contributed by atoms with van der Waals surface area (Å²) in [6.07, 6.45) is 1.31. The fraction of sp³-hybridized carbons (Fsp3) is 0.250. The molecule has 0 radical (unpaired) electrons. The van der Waals surface area contributed by atoms with E-state index < -0.39 is 29.6 Å². The Morgan fingerprint density at radius 1 is 1.09 bits per heavy atom. The quantitative estimate of drug-likeness (QED) is 0.556. The Morgan fingerprint density at radius 3 is 2.50 bits per heavy atom. The molecule has 1 aliphatic heterocycles. The van der Waals surface area contributed by atoms with Crippen LogP contribution in [0.4, 0.5) is 20.4 Å². The first-order valence-electron chi connectivity index (χ1n) is 10.7. The number of halogens is 2. The van der Waals surface area contributed by atoms with Crippen LogP contribution in [0.3, 0.4) is 0 Å². The first kappa shape index (κ1) is 23.1. The molecule has 0 saturated carbocycles. The maximum Gasteiger partial charge on any atom is 0.338 e. The van der Waals surface area contributed by atoms with Gasteiger partial charge in [-0.3, -0.25) is 4.79 Å². The minimum atomic E-state index is -0.720. The van der Waals surface area contributed by atoms with Crippen LogP contribution in [0, 0.1) is 18.6 Å². The highest BCUT2D eigenvalue weighted by Crippen LogP contribution is 2.38. The number of benzene rings is 2. The fourth-order valence-electron chi connectivity index (χ4n) is 3.91. The number of esters is 1. The average molecular weight is 467 g/mol. The van der Waals surface area contributed by atoms with E-state index in [-0.39, 0.29) is 18.7 Å². The lowest BCUT2D eigenvalue weighted by atomic mass is 9.95. The second-order valence-corrected chi connectivity index (χ2v) is 7.77. The van der Waals surface area contributed by atoms with Gasteiger partial charge in [0.15, 0.2) is 0 Å². The zero-order valence-electron chi connectivity index (χ0n) is 18.9. The number of hydrogen-bond donors (Lipinski definition) is 1. The van der Waals surface area contributed by atoms with E-state index in [2.05, 4.69) is 15.4 Å². The van der Waals surface area contributed by atoms with Crippen molar-refractivity contribution in [3.05, 3.63) is 82.8 Å². The molecule has 176 valence electrons. The number of hydrogen-bond acceptors (Lipinski definition) is 6. The summed E-state index contributed by atoms with van der Waals surface area (Å²) in [6, 6.07) is 9.12. The van der Waals surface area contributed by atoms with Gasteiger partial charge in [0.1, 0.15) is 30.5 Å². The molecule has 1 amide bonds. The molecule has 1 aliphatic rings. The Labute approximate surface area is 194 Å². The number of fused-ring (bicyclic) bond motifs is 1. The minimum absolute atomic E-state index is 0.148. The summed E-state index contributed by atoms with van der Waals surface area (Å²) in [5.41, 5.74) is 2.35. The van der Waals surface area contributed by atoms with Gasteiger partial charge < -0.3 is 15.0 Å². The van der Waals surface area contributed by atoms with E-state index >= 15 is 0 Å². The van der Waals surface area contributed by atoms with Crippen LogP contribution >= 0.6 is 0 Å². The molecule has 0 spiro atoms. The Bertz CT molecular complexity index is 1270. The molecular weight excluding hydrogens is 444 g/mol. The maximum absolute atomic E-state index is 13.6. The summed E-state index contributed by atoms with van der Waals surface area (Å²) >= 11 is 0. The van der Waals surface area contributed by atoms with Gasteiger partial charge in [0.2, 0.25) is 11.9 Å². The lowest BCUT2D eigenvalue weighted by Gasteiger charge is -2.35. The van der Waals surface area contributed by atoms with Crippen molar-refractivity contribution in [2.45, 2.75) is 26.8 Å². The Hall–Kier alpha value is -4.08. The summed E-state index contributed by atoms with van der Waals surface area (Å²) in [6.45, 7) is 5.07. The molecule has 3 aromatic rings. The Morgan fingerprint density at radius 2 is 1.79 bits per heavy atom. The molecule has 10 heteroatoms. The molecule has 0 fully saturated rings. The van der Waals surface area contributed by atoms with Crippen LogP contribution in [0.5, 0.6) is 0 Å². The van der Waals surface area contributed by atoms with Crippen LogP contribution in [0.25, 0.3) is 0 Å². The number of nitrogens with one attached hydrogen (secondary N) is 1. The lowest BCUT2D eigenvalue weighted by Crippen LogP contribution is -2.41. The third kappa shape index (κ3) is 4.39.